The Labute approximate surface area is 55.7 Å². The van der Waals surface area contributed by atoms with Crippen molar-refractivity contribution in [2.45, 2.75) is 0 Å². The third-order valence-electron chi connectivity index (χ3n) is 0.794. The summed E-state index contributed by atoms with van der Waals surface area (Å²) in [5, 5.41) is 19.9. The summed E-state index contributed by atoms with van der Waals surface area (Å²) in [6.07, 6.45) is 0. The summed E-state index contributed by atoms with van der Waals surface area (Å²) < 4.78 is 0. The van der Waals surface area contributed by atoms with Crippen LogP contribution in [0.3, 0.4) is 0 Å². The Bertz CT molecular complexity index is 198. The zero-order chi connectivity index (χ0) is 6.85. The van der Waals surface area contributed by atoms with E-state index in [0.29, 0.717) is 5.69 Å². The zero-order valence-corrected chi connectivity index (χ0v) is 5.26. The van der Waals surface area contributed by atoms with E-state index < -0.39 is 0 Å². The van der Waals surface area contributed by atoms with Crippen LogP contribution in [0, 0.1) is 5.21 Å². The molecule has 0 amide bonds. The van der Waals surface area contributed by atoms with Gasteiger partial charge in [0.15, 0.2) is 0 Å². The summed E-state index contributed by atoms with van der Waals surface area (Å²) in [4.78, 5) is 0. The normalized spacial score (nSPS) is 9.56. The second kappa shape index (κ2) is 2.22. The molecule has 1 rings (SSSR count). The third-order valence-corrected chi connectivity index (χ3v) is 1.70. The molecule has 0 spiro atoms. The van der Waals surface area contributed by atoms with Crippen molar-refractivity contribution >= 4 is 22.0 Å². The van der Waals surface area contributed by atoms with E-state index in [1.54, 1.807) is 5.38 Å². The van der Waals surface area contributed by atoms with Crippen molar-refractivity contribution in [3.63, 3.8) is 0 Å². The van der Waals surface area contributed by atoms with Crippen LogP contribution >= 0.6 is 11.3 Å². The molecular formula is C4H5N2O2S-. The molecule has 5 heteroatoms. The van der Waals surface area contributed by atoms with E-state index in [4.69, 9.17) is 10.9 Å². The predicted octanol–water partition coefficient (Wildman–Crippen LogP) is 1.02. The average molecular weight is 145 g/mol. The van der Waals surface area contributed by atoms with Gasteiger partial charge >= 0.3 is 0 Å². The first-order valence-electron chi connectivity index (χ1n) is 2.20. The van der Waals surface area contributed by atoms with Gasteiger partial charge in [-0.3, -0.25) is 5.21 Å². The SMILES string of the molecule is Nc1csc(N([O-])O)c1. The van der Waals surface area contributed by atoms with Gasteiger partial charge in [0.2, 0.25) is 0 Å². The smallest absolute Gasteiger partial charge is 0.106 e. The van der Waals surface area contributed by atoms with E-state index in [2.05, 4.69) is 0 Å². The molecule has 0 fully saturated rings. The molecule has 0 radical (unpaired) electrons. The van der Waals surface area contributed by atoms with Crippen molar-refractivity contribution in [1.82, 2.24) is 0 Å². The van der Waals surface area contributed by atoms with Crippen molar-refractivity contribution in [2.24, 2.45) is 0 Å². The molecule has 50 valence electrons. The molecule has 0 unspecified atom stereocenters. The topological polar surface area (TPSA) is 72.5 Å². The number of anilines is 2. The zero-order valence-electron chi connectivity index (χ0n) is 4.44. The van der Waals surface area contributed by atoms with Crippen LogP contribution in [0.25, 0.3) is 0 Å². The van der Waals surface area contributed by atoms with Crippen molar-refractivity contribution in [2.75, 3.05) is 11.0 Å². The standard InChI is InChI=1S/C4H5N2O2S/c5-3-1-4(6(7)8)9-2-3/h1-2,7H,5H2/q-1. The van der Waals surface area contributed by atoms with Crippen LogP contribution in [-0.2, 0) is 0 Å². The molecule has 0 aromatic carbocycles. The lowest BCUT2D eigenvalue weighted by atomic mass is 10.5. The van der Waals surface area contributed by atoms with Crippen LogP contribution in [0.1, 0.15) is 0 Å². The Kier molecular flexibility index (Phi) is 1.56. The predicted molar refractivity (Wildman–Crippen MR) is 36.4 cm³/mol. The molecule has 0 bridgehead atoms. The van der Waals surface area contributed by atoms with Gasteiger partial charge in [0.05, 0.1) is 0 Å². The largest absolute Gasteiger partial charge is 0.733 e. The number of nitrogen functional groups attached to an aromatic ring is 1. The maximum Gasteiger partial charge on any atom is 0.106 e. The lowest BCUT2D eigenvalue weighted by molar-refractivity contribution is 0.299. The molecule has 0 aliphatic heterocycles. The van der Waals surface area contributed by atoms with E-state index in [9.17, 15) is 5.21 Å². The molecule has 0 atom stereocenters. The van der Waals surface area contributed by atoms with Crippen molar-refractivity contribution in [3.8, 4) is 0 Å². The Balaban J connectivity index is 2.85. The Morgan fingerprint density at radius 3 is 2.67 bits per heavy atom. The second-order valence-corrected chi connectivity index (χ2v) is 2.38. The van der Waals surface area contributed by atoms with Gasteiger partial charge in [-0.05, 0) is 6.07 Å². The van der Waals surface area contributed by atoms with Gasteiger partial charge in [0, 0.05) is 11.1 Å². The number of thiophene rings is 1. The van der Waals surface area contributed by atoms with E-state index in [1.165, 1.54) is 6.07 Å². The maximum atomic E-state index is 10.1. The average Bonchev–Trinajstić information content (AvgIpc) is 2.14. The summed E-state index contributed by atoms with van der Waals surface area (Å²) in [6.45, 7) is 0. The van der Waals surface area contributed by atoms with Gasteiger partial charge in [-0.25, -0.2) is 0 Å². The van der Waals surface area contributed by atoms with Gasteiger partial charge in [0.1, 0.15) is 5.00 Å². The second-order valence-electron chi connectivity index (χ2n) is 1.49. The maximum absolute atomic E-state index is 10.1. The van der Waals surface area contributed by atoms with E-state index in [0.717, 1.165) is 11.3 Å². The van der Waals surface area contributed by atoms with Gasteiger partial charge in [0.25, 0.3) is 0 Å². The number of nitrogens with two attached hydrogens (primary N) is 1. The molecule has 1 heterocycles. The molecule has 0 saturated carbocycles. The van der Waals surface area contributed by atoms with Crippen LogP contribution in [-0.4, -0.2) is 5.21 Å². The van der Waals surface area contributed by atoms with Crippen LogP contribution < -0.4 is 11.0 Å². The summed E-state index contributed by atoms with van der Waals surface area (Å²) in [5.41, 5.74) is 5.74. The number of hydrogen-bond donors (Lipinski definition) is 2. The minimum absolute atomic E-state index is 0.201. The van der Waals surface area contributed by atoms with Gasteiger partial charge in [-0.2, -0.15) is 0 Å². The molecule has 9 heavy (non-hydrogen) atoms. The van der Waals surface area contributed by atoms with Crippen molar-refractivity contribution < 1.29 is 5.21 Å². The van der Waals surface area contributed by atoms with Crippen LogP contribution in [0.4, 0.5) is 10.7 Å². The van der Waals surface area contributed by atoms with E-state index >= 15 is 0 Å². The number of rotatable bonds is 1. The lowest BCUT2D eigenvalue weighted by Gasteiger charge is -2.18. The number of hydrogen-bond acceptors (Lipinski definition) is 5. The van der Waals surface area contributed by atoms with Gasteiger partial charge in [-0.15, -0.1) is 11.3 Å². The Hall–Kier alpha value is -0.780. The summed E-state index contributed by atoms with van der Waals surface area (Å²) in [5.74, 6) is 0. The molecular weight excluding hydrogens is 140 g/mol. The molecule has 4 nitrogen and oxygen atoms in total. The minimum Gasteiger partial charge on any atom is -0.733 e. The molecule has 0 aliphatic rings. The molecule has 0 aliphatic carbocycles. The minimum atomic E-state index is -0.207. The fourth-order valence-electron chi connectivity index (χ4n) is 0.439. The van der Waals surface area contributed by atoms with Crippen molar-refractivity contribution in [3.05, 3.63) is 16.7 Å². The Morgan fingerprint density at radius 2 is 2.44 bits per heavy atom. The quantitative estimate of drug-likeness (QED) is 0.579. The highest BCUT2D eigenvalue weighted by Crippen LogP contribution is 2.23. The first-order chi connectivity index (χ1) is 4.20. The fraction of sp³-hybridized carbons (Fsp3) is 0. The number of nitrogens with zero attached hydrogens (tertiary/aromatic N) is 1. The van der Waals surface area contributed by atoms with E-state index in [-0.39, 0.29) is 10.2 Å². The lowest BCUT2D eigenvalue weighted by Crippen LogP contribution is -2.04. The third kappa shape index (κ3) is 1.32. The molecule has 0 saturated heterocycles. The first-order valence-corrected chi connectivity index (χ1v) is 3.08. The highest BCUT2D eigenvalue weighted by atomic mass is 32.1. The molecule has 1 aromatic rings. The summed E-state index contributed by atoms with van der Waals surface area (Å²) in [6, 6.07) is 1.40. The van der Waals surface area contributed by atoms with Crippen LogP contribution in [0.15, 0.2) is 11.4 Å². The van der Waals surface area contributed by atoms with Crippen LogP contribution in [0.5, 0.6) is 0 Å². The molecule has 3 N–H and O–H groups in total. The highest BCUT2D eigenvalue weighted by molar-refractivity contribution is 7.14. The van der Waals surface area contributed by atoms with Crippen molar-refractivity contribution in [1.29, 1.82) is 0 Å². The van der Waals surface area contributed by atoms with E-state index in [1.807, 2.05) is 0 Å². The Morgan fingerprint density at radius 1 is 1.78 bits per heavy atom. The molecule has 1 aromatic heterocycles. The summed E-state index contributed by atoms with van der Waals surface area (Å²) >= 11 is 1.10. The van der Waals surface area contributed by atoms with Gasteiger partial charge < -0.3 is 16.2 Å². The first kappa shape index (κ1) is 6.34. The van der Waals surface area contributed by atoms with Gasteiger partial charge in [-0.1, -0.05) is 0 Å². The summed E-state index contributed by atoms with van der Waals surface area (Å²) in [7, 11) is 0. The monoisotopic (exact) mass is 145 g/mol. The van der Waals surface area contributed by atoms with Crippen LogP contribution in [0.2, 0.25) is 0 Å². The fourth-order valence-corrected chi connectivity index (χ4v) is 1.06. The highest BCUT2D eigenvalue weighted by Gasteiger charge is 1.93.